The Morgan fingerprint density at radius 2 is 0.897 bits per heavy atom. The summed E-state index contributed by atoms with van der Waals surface area (Å²) in [5.74, 6) is 3.41. The molecule has 0 N–H and O–H groups in total. The fraction of sp³-hybridized carbons (Fsp3) is 0.333. The molecule has 0 atom stereocenters. The van der Waals surface area contributed by atoms with Gasteiger partial charge >= 0.3 is 8.38 Å². The lowest BCUT2D eigenvalue weighted by Crippen LogP contribution is -2.12. The van der Waals surface area contributed by atoms with E-state index in [1.165, 1.54) is 33.4 Å². The summed E-state index contributed by atoms with van der Waals surface area (Å²) in [5.41, 5.74) is 7.48. The Morgan fingerprint density at radius 1 is 0.462 bits per heavy atom. The van der Waals surface area contributed by atoms with E-state index in [9.17, 15) is 0 Å². The summed E-state index contributed by atoms with van der Waals surface area (Å²) >= 11 is 0. The third kappa shape index (κ3) is 7.11. The van der Waals surface area contributed by atoms with Gasteiger partial charge in [0.25, 0.3) is 0 Å². The lowest BCUT2D eigenvalue weighted by Gasteiger charge is -2.25. The van der Waals surface area contributed by atoms with Crippen LogP contribution in [0.5, 0.6) is 11.5 Å². The van der Waals surface area contributed by atoms with Crippen LogP contribution < -0.4 is 14.4 Å². The highest BCUT2D eigenvalue weighted by atomic mass is 31.2. The van der Waals surface area contributed by atoms with Crippen molar-refractivity contribution in [2.75, 3.05) is 0 Å². The highest BCUT2D eigenvalue weighted by Crippen LogP contribution is 2.45. The Hall–Kier alpha value is -3.09. The van der Waals surface area contributed by atoms with E-state index >= 15 is 0 Å². The molecule has 4 rings (SSSR count). The molecule has 0 aliphatic heterocycles. The van der Waals surface area contributed by atoms with Crippen molar-refractivity contribution in [3.05, 3.63) is 113 Å². The number of benzene rings is 4. The molecule has 39 heavy (non-hydrogen) atoms. The van der Waals surface area contributed by atoms with Gasteiger partial charge in [0, 0.05) is 0 Å². The first-order chi connectivity index (χ1) is 18.6. The molecule has 0 fully saturated rings. The third-order valence-electron chi connectivity index (χ3n) is 7.19. The smallest absolute Gasteiger partial charge is 0.326 e. The van der Waals surface area contributed by atoms with Crippen LogP contribution in [0.1, 0.15) is 101 Å². The molecular formula is C36H43O2P. The second-order valence-corrected chi connectivity index (χ2v) is 13.0. The average molecular weight is 539 g/mol. The average Bonchev–Trinajstić information content (AvgIpc) is 2.93. The van der Waals surface area contributed by atoms with Gasteiger partial charge in [0.1, 0.15) is 11.5 Å². The van der Waals surface area contributed by atoms with E-state index in [0.717, 1.165) is 16.8 Å². The van der Waals surface area contributed by atoms with E-state index in [0.29, 0.717) is 23.7 Å². The maximum Gasteiger partial charge on any atom is 0.326 e. The molecule has 0 bridgehead atoms. The van der Waals surface area contributed by atoms with E-state index in [4.69, 9.17) is 9.05 Å². The van der Waals surface area contributed by atoms with Crippen LogP contribution in [0.3, 0.4) is 0 Å². The van der Waals surface area contributed by atoms with Gasteiger partial charge in [-0.3, -0.25) is 0 Å². The predicted molar refractivity (Wildman–Crippen MR) is 169 cm³/mol. The molecular weight excluding hydrogens is 495 g/mol. The summed E-state index contributed by atoms with van der Waals surface area (Å²) < 4.78 is 13.7. The van der Waals surface area contributed by atoms with Gasteiger partial charge in [-0.05, 0) is 81.3 Å². The molecule has 3 heteroatoms. The van der Waals surface area contributed by atoms with Crippen molar-refractivity contribution in [2.45, 2.75) is 79.1 Å². The van der Waals surface area contributed by atoms with Crippen LogP contribution in [-0.2, 0) is 0 Å². The maximum atomic E-state index is 6.83. The molecule has 0 saturated heterocycles. The second-order valence-electron chi connectivity index (χ2n) is 11.6. The van der Waals surface area contributed by atoms with Crippen molar-refractivity contribution >= 4 is 13.7 Å². The van der Waals surface area contributed by atoms with Gasteiger partial charge in [0.05, 0.1) is 5.30 Å². The van der Waals surface area contributed by atoms with Gasteiger partial charge in [-0.2, -0.15) is 0 Å². The summed E-state index contributed by atoms with van der Waals surface area (Å²) in [5, 5.41) is 1.05. The van der Waals surface area contributed by atoms with Crippen molar-refractivity contribution in [1.29, 1.82) is 0 Å². The van der Waals surface area contributed by atoms with Crippen LogP contribution in [0, 0.1) is 0 Å². The first-order valence-electron chi connectivity index (χ1n) is 14.2. The topological polar surface area (TPSA) is 18.5 Å². The van der Waals surface area contributed by atoms with Gasteiger partial charge in [-0.25, -0.2) is 0 Å². The highest BCUT2D eigenvalue weighted by molar-refractivity contribution is 7.56. The van der Waals surface area contributed by atoms with Crippen molar-refractivity contribution in [2.24, 2.45) is 0 Å². The summed E-state index contributed by atoms with van der Waals surface area (Å²) in [6, 6.07) is 32.4. The normalized spacial score (nSPS) is 11.7. The molecule has 0 amide bonds. The highest BCUT2D eigenvalue weighted by Gasteiger charge is 2.24. The molecule has 0 unspecified atom stereocenters. The Balaban J connectivity index is 1.75. The molecule has 0 aromatic heterocycles. The van der Waals surface area contributed by atoms with E-state index in [2.05, 4.69) is 140 Å². The molecule has 4 aromatic carbocycles. The quantitative estimate of drug-likeness (QED) is 0.187. The minimum absolute atomic E-state index is 0.340. The van der Waals surface area contributed by atoms with E-state index < -0.39 is 8.38 Å². The predicted octanol–water partition coefficient (Wildman–Crippen LogP) is 10.9. The van der Waals surface area contributed by atoms with Crippen molar-refractivity contribution in [1.82, 2.24) is 0 Å². The maximum absolute atomic E-state index is 6.83. The molecule has 0 heterocycles. The Kier molecular flexibility index (Phi) is 9.52. The lowest BCUT2D eigenvalue weighted by atomic mass is 9.95. The SMILES string of the molecule is CC(C)c1ccc(OP(Oc2ccc(C(C)C)cc2C(C)C)c2ccc(-c3ccccc3)cc2)c(C(C)C)c1. The number of rotatable bonds is 10. The van der Waals surface area contributed by atoms with E-state index in [-0.39, 0.29) is 0 Å². The molecule has 0 aliphatic carbocycles. The zero-order valence-corrected chi connectivity index (χ0v) is 25.6. The standard InChI is InChI=1S/C36H43O2P/c1-24(2)30-16-20-35(33(22-30)26(5)6)37-39(32-18-14-29(15-19-32)28-12-10-9-11-13-28)38-36-21-17-31(25(3)4)23-34(36)27(7)8/h9-27H,1-8H3. The molecule has 4 aromatic rings. The van der Waals surface area contributed by atoms with Crippen molar-refractivity contribution in [3.63, 3.8) is 0 Å². The van der Waals surface area contributed by atoms with Gasteiger partial charge in [0.15, 0.2) is 0 Å². The number of hydrogen-bond donors (Lipinski definition) is 0. The Bertz CT molecular complexity index is 1290. The second kappa shape index (κ2) is 12.8. The van der Waals surface area contributed by atoms with Crippen LogP contribution in [0.4, 0.5) is 0 Å². The fourth-order valence-corrected chi connectivity index (χ4v) is 5.96. The van der Waals surface area contributed by atoms with Crippen LogP contribution in [-0.4, -0.2) is 0 Å². The Morgan fingerprint density at radius 3 is 1.31 bits per heavy atom. The zero-order chi connectivity index (χ0) is 28.1. The van der Waals surface area contributed by atoms with Crippen LogP contribution in [0.25, 0.3) is 11.1 Å². The van der Waals surface area contributed by atoms with Crippen LogP contribution >= 0.6 is 8.38 Å². The summed E-state index contributed by atoms with van der Waals surface area (Å²) in [7, 11) is -1.42. The fourth-order valence-electron chi connectivity index (χ4n) is 4.63. The largest absolute Gasteiger partial charge is 0.435 e. The van der Waals surface area contributed by atoms with E-state index in [1.54, 1.807) is 0 Å². The van der Waals surface area contributed by atoms with Gasteiger partial charge < -0.3 is 9.05 Å². The first-order valence-corrected chi connectivity index (χ1v) is 15.4. The summed E-state index contributed by atoms with van der Waals surface area (Å²) in [6.45, 7) is 17.8. The molecule has 204 valence electrons. The molecule has 0 radical (unpaired) electrons. The minimum Gasteiger partial charge on any atom is -0.435 e. The number of hydrogen-bond acceptors (Lipinski definition) is 2. The lowest BCUT2D eigenvalue weighted by molar-refractivity contribution is 0.490. The third-order valence-corrected chi connectivity index (χ3v) is 8.64. The molecule has 0 saturated carbocycles. The molecule has 2 nitrogen and oxygen atoms in total. The van der Waals surface area contributed by atoms with E-state index in [1.807, 2.05) is 6.07 Å². The van der Waals surface area contributed by atoms with Gasteiger partial charge in [-0.15, -0.1) is 0 Å². The van der Waals surface area contributed by atoms with Gasteiger partial charge in [0.2, 0.25) is 0 Å². The minimum atomic E-state index is -1.42. The Labute approximate surface area is 237 Å². The summed E-state index contributed by atoms with van der Waals surface area (Å²) in [4.78, 5) is 0. The first kappa shape index (κ1) is 28.9. The van der Waals surface area contributed by atoms with Gasteiger partial charge in [-0.1, -0.05) is 122 Å². The zero-order valence-electron chi connectivity index (χ0n) is 24.7. The van der Waals surface area contributed by atoms with Crippen LogP contribution in [0.2, 0.25) is 0 Å². The van der Waals surface area contributed by atoms with Crippen molar-refractivity contribution in [3.8, 4) is 22.6 Å². The molecule has 0 spiro atoms. The van der Waals surface area contributed by atoms with Crippen molar-refractivity contribution < 1.29 is 9.05 Å². The monoisotopic (exact) mass is 538 g/mol. The van der Waals surface area contributed by atoms with Crippen LogP contribution in [0.15, 0.2) is 91.0 Å². The summed E-state index contributed by atoms with van der Waals surface area (Å²) in [6.07, 6.45) is 0. The molecule has 0 aliphatic rings.